The van der Waals surface area contributed by atoms with Crippen LogP contribution in [0.2, 0.25) is 5.02 Å². The molecule has 2 N–H and O–H groups in total. The van der Waals surface area contributed by atoms with Gasteiger partial charge in [-0.1, -0.05) is 29.8 Å². The summed E-state index contributed by atoms with van der Waals surface area (Å²) in [5, 5.41) is 5.41. The highest BCUT2D eigenvalue weighted by Crippen LogP contribution is 2.22. The highest BCUT2D eigenvalue weighted by atomic mass is 35.5. The predicted molar refractivity (Wildman–Crippen MR) is 86.8 cm³/mol. The van der Waals surface area contributed by atoms with Crippen molar-refractivity contribution >= 4 is 22.5 Å². The van der Waals surface area contributed by atoms with Crippen LogP contribution in [0, 0.1) is 0 Å². The van der Waals surface area contributed by atoms with Crippen LogP contribution in [0.3, 0.4) is 0 Å². The molecule has 0 atom stereocenters. The molecule has 0 saturated carbocycles. The predicted octanol–water partition coefficient (Wildman–Crippen LogP) is 4.12. The third-order valence-corrected chi connectivity index (χ3v) is 3.74. The van der Waals surface area contributed by atoms with Gasteiger partial charge in [0.05, 0.1) is 7.11 Å². The fourth-order valence-electron chi connectivity index (χ4n) is 2.43. The molecule has 1 aromatic heterocycles. The molecule has 3 nitrogen and oxygen atoms in total. The van der Waals surface area contributed by atoms with Crippen molar-refractivity contribution in [1.29, 1.82) is 0 Å². The number of aromatic nitrogens is 1. The lowest BCUT2D eigenvalue weighted by Crippen LogP contribution is -2.12. The number of H-pyrrole nitrogens is 1. The number of methoxy groups -OCH3 is 1. The summed E-state index contributed by atoms with van der Waals surface area (Å²) in [6, 6.07) is 14.0. The molecule has 0 aliphatic heterocycles. The number of hydrogen-bond donors (Lipinski definition) is 2. The summed E-state index contributed by atoms with van der Waals surface area (Å²) in [6.07, 6.45) is 2.03. The molecule has 4 heteroatoms. The maximum absolute atomic E-state index is 5.99. The number of nitrogens with one attached hydrogen (secondary N) is 2. The monoisotopic (exact) mass is 300 g/mol. The van der Waals surface area contributed by atoms with Gasteiger partial charge < -0.3 is 15.0 Å². The van der Waals surface area contributed by atoms with Gasteiger partial charge in [0.25, 0.3) is 0 Å². The van der Waals surface area contributed by atoms with E-state index in [1.807, 2.05) is 36.5 Å². The molecule has 108 valence electrons. The van der Waals surface area contributed by atoms with E-state index in [0.717, 1.165) is 29.4 Å². The minimum atomic E-state index is 0.750. The lowest BCUT2D eigenvalue weighted by Gasteiger charge is -2.06. The molecule has 0 amide bonds. The van der Waals surface area contributed by atoms with Crippen LogP contribution in [0.4, 0.5) is 0 Å². The molecule has 0 bridgehead atoms. The average molecular weight is 301 g/mol. The average Bonchev–Trinajstić information content (AvgIpc) is 2.90. The van der Waals surface area contributed by atoms with E-state index in [2.05, 4.69) is 22.4 Å². The van der Waals surface area contributed by atoms with E-state index in [-0.39, 0.29) is 0 Å². The second kappa shape index (κ2) is 6.20. The fraction of sp³-hybridized carbons (Fsp3) is 0.176. The van der Waals surface area contributed by atoms with Crippen LogP contribution in [0.25, 0.3) is 10.9 Å². The summed E-state index contributed by atoms with van der Waals surface area (Å²) in [5.41, 5.74) is 3.52. The Labute approximate surface area is 128 Å². The summed E-state index contributed by atoms with van der Waals surface area (Å²) in [7, 11) is 1.68. The van der Waals surface area contributed by atoms with Gasteiger partial charge in [0, 0.05) is 35.2 Å². The Bertz CT molecular complexity index is 751. The van der Waals surface area contributed by atoms with Crippen molar-refractivity contribution in [2.75, 3.05) is 7.11 Å². The van der Waals surface area contributed by atoms with E-state index in [9.17, 15) is 0 Å². The fourth-order valence-corrected chi connectivity index (χ4v) is 2.60. The molecule has 0 unspecified atom stereocenters. The topological polar surface area (TPSA) is 37.0 Å². The molecule has 1 heterocycles. The highest BCUT2D eigenvalue weighted by molar-refractivity contribution is 6.31. The van der Waals surface area contributed by atoms with Crippen molar-refractivity contribution in [3.8, 4) is 5.75 Å². The van der Waals surface area contributed by atoms with Crippen molar-refractivity contribution in [2.24, 2.45) is 0 Å². The second-order valence-corrected chi connectivity index (χ2v) is 5.40. The van der Waals surface area contributed by atoms with Gasteiger partial charge in [-0.25, -0.2) is 0 Å². The molecule has 21 heavy (non-hydrogen) atoms. The first-order valence-electron chi connectivity index (χ1n) is 6.85. The Kier molecular flexibility index (Phi) is 4.13. The lowest BCUT2D eigenvalue weighted by molar-refractivity contribution is 0.414. The first-order valence-corrected chi connectivity index (χ1v) is 7.23. The number of rotatable bonds is 5. The molecule has 0 aliphatic carbocycles. The molecule has 0 saturated heterocycles. The van der Waals surface area contributed by atoms with E-state index < -0.39 is 0 Å². The van der Waals surface area contributed by atoms with Gasteiger partial charge in [0.15, 0.2) is 0 Å². The number of fused-ring (bicyclic) bond motifs is 1. The maximum atomic E-state index is 5.99. The van der Waals surface area contributed by atoms with Gasteiger partial charge in [-0.2, -0.15) is 0 Å². The molecular weight excluding hydrogens is 284 g/mol. The lowest BCUT2D eigenvalue weighted by atomic mass is 10.1. The summed E-state index contributed by atoms with van der Waals surface area (Å²) in [4.78, 5) is 3.25. The van der Waals surface area contributed by atoms with Crippen molar-refractivity contribution in [2.45, 2.75) is 13.1 Å². The van der Waals surface area contributed by atoms with E-state index >= 15 is 0 Å². The van der Waals surface area contributed by atoms with Crippen molar-refractivity contribution in [3.05, 3.63) is 64.8 Å². The summed E-state index contributed by atoms with van der Waals surface area (Å²) in [5.74, 6) is 0.885. The Morgan fingerprint density at radius 2 is 2.05 bits per heavy atom. The Morgan fingerprint density at radius 3 is 2.90 bits per heavy atom. The first kappa shape index (κ1) is 14.0. The van der Waals surface area contributed by atoms with E-state index in [4.69, 9.17) is 16.3 Å². The second-order valence-electron chi connectivity index (χ2n) is 4.96. The molecule has 0 spiro atoms. The van der Waals surface area contributed by atoms with Crippen LogP contribution >= 0.6 is 11.6 Å². The number of hydrogen-bond acceptors (Lipinski definition) is 2. The zero-order valence-corrected chi connectivity index (χ0v) is 12.6. The third kappa shape index (κ3) is 3.20. The standard InChI is InChI=1S/C17H17ClN2O/c1-21-15-4-2-3-12(7-15)9-19-10-13-11-20-17-8-14(18)5-6-16(13)17/h2-8,11,19-20H,9-10H2,1H3. The highest BCUT2D eigenvalue weighted by Gasteiger charge is 2.04. The van der Waals surface area contributed by atoms with E-state index in [1.165, 1.54) is 16.5 Å². The number of halogens is 1. The SMILES string of the molecule is COc1cccc(CNCc2c[nH]c3cc(Cl)ccc23)c1. The zero-order valence-electron chi connectivity index (χ0n) is 11.8. The van der Waals surface area contributed by atoms with E-state index in [0.29, 0.717) is 0 Å². The van der Waals surface area contributed by atoms with Crippen LogP contribution in [-0.2, 0) is 13.1 Å². The van der Waals surface area contributed by atoms with Gasteiger partial charge in [0.2, 0.25) is 0 Å². The first-order chi connectivity index (χ1) is 10.3. The molecule has 0 aliphatic rings. The summed E-state index contributed by atoms with van der Waals surface area (Å²) < 4.78 is 5.23. The number of ether oxygens (including phenoxy) is 1. The Balaban J connectivity index is 1.66. The number of aromatic amines is 1. The maximum Gasteiger partial charge on any atom is 0.119 e. The number of benzene rings is 2. The van der Waals surface area contributed by atoms with E-state index in [1.54, 1.807) is 7.11 Å². The Hall–Kier alpha value is -1.97. The minimum Gasteiger partial charge on any atom is -0.497 e. The van der Waals surface area contributed by atoms with Gasteiger partial charge in [-0.05, 0) is 35.4 Å². The summed E-state index contributed by atoms with van der Waals surface area (Å²) >= 11 is 5.99. The quantitative estimate of drug-likeness (QED) is 0.744. The molecule has 3 aromatic rings. The molecule has 3 rings (SSSR count). The van der Waals surface area contributed by atoms with Crippen LogP contribution in [-0.4, -0.2) is 12.1 Å². The van der Waals surface area contributed by atoms with Gasteiger partial charge >= 0.3 is 0 Å². The summed E-state index contributed by atoms with van der Waals surface area (Å²) in [6.45, 7) is 1.61. The molecule has 0 radical (unpaired) electrons. The minimum absolute atomic E-state index is 0.750. The van der Waals surface area contributed by atoms with Gasteiger partial charge in [0.1, 0.15) is 5.75 Å². The molecule has 2 aromatic carbocycles. The third-order valence-electron chi connectivity index (χ3n) is 3.51. The van der Waals surface area contributed by atoms with Crippen molar-refractivity contribution < 1.29 is 4.74 Å². The van der Waals surface area contributed by atoms with Crippen LogP contribution in [0.1, 0.15) is 11.1 Å². The van der Waals surface area contributed by atoms with Crippen LogP contribution in [0.15, 0.2) is 48.7 Å². The van der Waals surface area contributed by atoms with Crippen molar-refractivity contribution in [3.63, 3.8) is 0 Å². The van der Waals surface area contributed by atoms with Gasteiger partial charge in [-0.3, -0.25) is 0 Å². The Morgan fingerprint density at radius 1 is 1.14 bits per heavy atom. The smallest absolute Gasteiger partial charge is 0.119 e. The van der Waals surface area contributed by atoms with Crippen LogP contribution in [0.5, 0.6) is 5.75 Å². The van der Waals surface area contributed by atoms with Crippen LogP contribution < -0.4 is 10.1 Å². The largest absolute Gasteiger partial charge is 0.497 e. The molecular formula is C17H17ClN2O. The normalized spacial score (nSPS) is 11.0. The molecule has 0 fully saturated rings. The van der Waals surface area contributed by atoms with Gasteiger partial charge in [-0.15, -0.1) is 0 Å². The van der Waals surface area contributed by atoms with Crippen molar-refractivity contribution in [1.82, 2.24) is 10.3 Å². The zero-order chi connectivity index (χ0) is 14.7.